The van der Waals surface area contributed by atoms with Gasteiger partial charge < -0.3 is 5.73 Å². The van der Waals surface area contributed by atoms with Gasteiger partial charge in [0.15, 0.2) is 5.82 Å². The summed E-state index contributed by atoms with van der Waals surface area (Å²) < 4.78 is 2.07. The molecule has 2 N–H and O–H groups in total. The third-order valence-electron chi connectivity index (χ3n) is 3.79. The van der Waals surface area contributed by atoms with Crippen LogP contribution in [0.4, 0.5) is 0 Å². The minimum Gasteiger partial charge on any atom is -0.324 e. The monoisotopic (exact) mass is 270 g/mol. The molecule has 0 amide bonds. The average Bonchev–Trinajstić information content (AvgIpc) is 3.13. The Bertz CT molecular complexity index is 756. The Morgan fingerprint density at radius 1 is 1.21 bits per heavy atom. The van der Waals surface area contributed by atoms with Crippen LogP contribution in [0, 0.1) is 0 Å². The van der Waals surface area contributed by atoms with E-state index in [4.69, 9.17) is 5.73 Å². The Balaban J connectivity index is 1.92. The number of nitrogens with two attached hydrogens (primary N) is 1. The van der Waals surface area contributed by atoms with Crippen LogP contribution in [-0.2, 0) is 19.4 Å². The fourth-order valence-electron chi connectivity index (χ4n) is 2.84. The van der Waals surface area contributed by atoms with Gasteiger partial charge in [-0.15, -0.1) is 21.5 Å². The first kappa shape index (κ1) is 11.1. The fraction of sp³-hybridized carbons (Fsp3) is 0.286. The summed E-state index contributed by atoms with van der Waals surface area (Å²) in [4.78, 5) is 0.913. The van der Waals surface area contributed by atoms with E-state index in [9.17, 15) is 0 Å². The van der Waals surface area contributed by atoms with Crippen LogP contribution in [-0.4, -0.2) is 14.6 Å². The number of benzene rings is 1. The first-order valence-electron chi connectivity index (χ1n) is 6.50. The predicted octanol–water partition coefficient (Wildman–Crippen LogP) is 2.41. The first-order chi connectivity index (χ1) is 9.36. The number of fused-ring (bicyclic) bond motifs is 2. The van der Waals surface area contributed by atoms with Crippen molar-refractivity contribution in [3.63, 3.8) is 0 Å². The second kappa shape index (κ2) is 4.15. The number of rotatable bonds is 2. The number of nitrogens with zero attached hydrogens (tertiary/aromatic N) is 3. The molecule has 4 rings (SSSR count). The van der Waals surface area contributed by atoms with Gasteiger partial charge in [0.1, 0.15) is 0 Å². The molecule has 5 heteroatoms. The maximum atomic E-state index is 5.74. The van der Waals surface area contributed by atoms with E-state index in [2.05, 4.69) is 38.2 Å². The van der Waals surface area contributed by atoms with Crippen molar-refractivity contribution in [3.8, 4) is 11.3 Å². The highest BCUT2D eigenvalue weighted by molar-refractivity contribution is 7.15. The van der Waals surface area contributed by atoms with E-state index < -0.39 is 0 Å². The van der Waals surface area contributed by atoms with E-state index in [0.717, 1.165) is 16.5 Å². The van der Waals surface area contributed by atoms with Crippen molar-refractivity contribution in [3.05, 3.63) is 40.5 Å². The standard InChI is InChI=1S/C14H14N4S/c15-7-13-16-17-14-18(13)12(8-19-14)11-5-4-9-2-1-3-10(9)6-11/h4-6,8H,1-3,7,15H2. The van der Waals surface area contributed by atoms with Gasteiger partial charge in [-0.3, -0.25) is 4.40 Å². The third kappa shape index (κ3) is 1.62. The van der Waals surface area contributed by atoms with E-state index in [1.807, 2.05) is 0 Å². The van der Waals surface area contributed by atoms with Crippen LogP contribution >= 0.6 is 11.3 Å². The lowest BCUT2D eigenvalue weighted by molar-refractivity contribution is 0.887. The van der Waals surface area contributed by atoms with Crippen molar-refractivity contribution in [1.29, 1.82) is 0 Å². The highest BCUT2D eigenvalue weighted by Gasteiger charge is 2.15. The quantitative estimate of drug-likeness (QED) is 0.778. The zero-order valence-electron chi connectivity index (χ0n) is 10.5. The van der Waals surface area contributed by atoms with Crippen molar-refractivity contribution in [2.45, 2.75) is 25.8 Å². The Labute approximate surface area is 114 Å². The van der Waals surface area contributed by atoms with Crippen molar-refractivity contribution in [1.82, 2.24) is 14.6 Å². The molecule has 0 aliphatic heterocycles. The molecule has 0 unspecified atom stereocenters. The number of hydrogen-bond donors (Lipinski definition) is 1. The molecular weight excluding hydrogens is 256 g/mol. The average molecular weight is 270 g/mol. The van der Waals surface area contributed by atoms with Crippen LogP contribution in [0.3, 0.4) is 0 Å². The van der Waals surface area contributed by atoms with E-state index in [0.29, 0.717) is 6.54 Å². The molecule has 0 saturated heterocycles. The van der Waals surface area contributed by atoms with E-state index in [1.165, 1.54) is 36.0 Å². The second-order valence-electron chi connectivity index (χ2n) is 4.90. The molecule has 0 saturated carbocycles. The summed E-state index contributed by atoms with van der Waals surface area (Å²) in [7, 11) is 0. The number of aryl methyl sites for hydroxylation is 2. The summed E-state index contributed by atoms with van der Waals surface area (Å²) in [6.07, 6.45) is 3.69. The SMILES string of the molecule is NCc1nnc2scc(-c3ccc4c(c3)CCC4)n12. The highest BCUT2D eigenvalue weighted by atomic mass is 32.1. The summed E-state index contributed by atoms with van der Waals surface area (Å²) >= 11 is 1.61. The van der Waals surface area contributed by atoms with Crippen LogP contribution in [0.2, 0.25) is 0 Å². The first-order valence-corrected chi connectivity index (χ1v) is 7.38. The van der Waals surface area contributed by atoms with Gasteiger partial charge in [0.2, 0.25) is 4.96 Å². The lowest BCUT2D eigenvalue weighted by Crippen LogP contribution is -2.03. The van der Waals surface area contributed by atoms with Gasteiger partial charge in [-0.05, 0) is 42.0 Å². The number of thiazole rings is 1. The lowest BCUT2D eigenvalue weighted by Gasteiger charge is -2.05. The molecule has 0 fully saturated rings. The molecule has 0 radical (unpaired) electrons. The van der Waals surface area contributed by atoms with Crippen molar-refractivity contribution in [2.24, 2.45) is 5.73 Å². The third-order valence-corrected chi connectivity index (χ3v) is 4.61. The maximum absolute atomic E-state index is 5.74. The van der Waals surface area contributed by atoms with Crippen molar-refractivity contribution in [2.75, 3.05) is 0 Å². The lowest BCUT2D eigenvalue weighted by atomic mass is 10.0. The van der Waals surface area contributed by atoms with Gasteiger partial charge in [-0.25, -0.2) is 0 Å². The summed E-state index contributed by atoms with van der Waals surface area (Å²) in [5, 5.41) is 10.4. The molecule has 96 valence electrons. The summed E-state index contributed by atoms with van der Waals surface area (Å²) in [5.74, 6) is 0.826. The molecule has 1 aliphatic rings. The Morgan fingerprint density at radius 2 is 2.11 bits per heavy atom. The van der Waals surface area contributed by atoms with Gasteiger partial charge in [0, 0.05) is 5.38 Å². The van der Waals surface area contributed by atoms with Crippen LogP contribution < -0.4 is 5.73 Å². The van der Waals surface area contributed by atoms with Crippen LogP contribution in [0.25, 0.3) is 16.2 Å². The molecule has 0 spiro atoms. The van der Waals surface area contributed by atoms with Gasteiger partial charge in [0.05, 0.1) is 12.2 Å². The van der Waals surface area contributed by atoms with Crippen LogP contribution in [0.1, 0.15) is 23.4 Å². The summed E-state index contributed by atoms with van der Waals surface area (Å²) in [6, 6.07) is 6.77. The summed E-state index contributed by atoms with van der Waals surface area (Å²) in [5.41, 5.74) is 11.1. The van der Waals surface area contributed by atoms with Gasteiger partial charge in [-0.1, -0.05) is 12.1 Å². The molecular formula is C14H14N4S. The molecule has 3 aromatic rings. The number of hydrogen-bond acceptors (Lipinski definition) is 4. The minimum atomic E-state index is 0.413. The fourth-order valence-corrected chi connectivity index (χ4v) is 3.70. The minimum absolute atomic E-state index is 0.413. The molecule has 0 atom stereocenters. The van der Waals surface area contributed by atoms with Crippen LogP contribution in [0.5, 0.6) is 0 Å². The molecule has 0 bridgehead atoms. The molecule has 1 aliphatic carbocycles. The normalized spacial score (nSPS) is 14.2. The molecule has 2 aromatic heterocycles. The molecule has 1 aromatic carbocycles. The maximum Gasteiger partial charge on any atom is 0.216 e. The van der Waals surface area contributed by atoms with E-state index in [1.54, 1.807) is 11.3 Å². The van der Waals surface area contributed by atoms with E-state index in [-0.39, 0.29) is 0 Å². The zero-order valence-corrected chi connectivity index (χ0v) is 11.3. The zero-order chi connectivity index (χ0) is 12.8. The van der Waals surface area contributed by atoms with Crippen LogP contribution in [0.15, 0.2) is 23.6 Å². The molecule has 19 heavy (non-hydrogen) atoms. The predicted molar refractivity (Wildman–Crippen MR) is 76.2 cm³/mol. The molecule has 2 heterocycles. The number of aromatic nitrogens is 3. The smallest absolute Gasteiger partial charge is 0.216 e. The Hall–Kier alpha value is -1.72. The topological polar surface area (TPSA) is 56.2 Å². The molecule has 4 nitrogen and oxygen atoms in total. The highest BCUT2D eigenvalue weighted by Crippen LogP contribution is 2.30. The van der Waals surface area contributed by atoms with E-state index >= 15 is 0 Å². The largest absolute Gasteiger partial charge is 0.324 e. The Morgan fingerprint density at radius 3 is 3.00 bits per heavy atom. The summed E-state index contributed by atoms with van der Waals surface area (Å²) in [6.45, 7) is 0.413. The van der Waals surface area contributed by atoms with Gasteiger partial charge >= 0.3 is 0 Å². The van der Waals surface area contributed by atoms with Gasteiger partial charge in [-0.2, -0.15) is 0 Å². The Kier molecular flexibility index (Phi) is 2.43. The van der Waals surface area contributed by atoms with Gasteiger partial charge in [0.25, 0.3) is 0 Å². The van der Waals surface area contributed by atoms with Crippen molar-refractivity contribution >= 4 is 16.3 Å². The van der Waals surface area contributed by atoms with Crippen molar-refractivity contribution < 1.29 is 0 Å². The second-order valence-corrected chi connectivity index (χ2v) is 5.73.